The summed E-state index contributed by atoms with van der Waals surface area (Å²) >= 11 is 1.72. The topological polar surface area (TPSA) is 76.2 Å². The van der Waals surface area contributed by atoms with Gasteiger partial charge in [-0.05, 0) is 67.1 Å². The fourth-order valence-electron chi connectivity index (χ4n) is 6.88. The van der Waals surface area contributed by atoms with Gasteiger partial charge >= 0.3 is 0 Å². The van der Waals surface area contributed by atoms with Crippen LogP contribution in [-0.2, 0) is 37.7 Å². The maximum absolute atomic E-state index is 11.7. The Kier molecular flexibility index (Phi) is 13.7. The average Bonchev–Trinajstić information content (AvgIpc) is 3.60. The summed E-state index contributed by atoms with van der Waals surface area (Å²) in [7, 11) is 0. The number of furan rings is 1. The van der Waals surface area contributed by atoms with Crippen LogP contribution in [0.15, 0.2) is 71.1 Å². The maximum atomic E-state index is 11.7. The van der Waals surface area contributed by atoms with Gasteiger partial charge in [0.15, 0.2) is 11.4 Å². The molecule has 0 aliphatic heterocycles. The van der Waals surface area contributed by atoms with E-state index >= 15 is 0 Å². The van der Waals surface area contributed by atoms with Crippen LogP contribution >= 0.6 is 11.3 Å². The van der Waals surface area contributed by atoms with Crippen molar-refractivity contribution in [3.05, 3.63) is 83.9 Å². The zero-order chi connectivity index (χ0) is 37.1. The third-order valence-corrected chi connectivity index (χ3v) is 10.8. The molecule has 5 nitrogen and oxygen atoms in total. The summed E-state index contributed by atoms with van der Waals surface area (Å²) in [4.78, 5) is 21.1. The van der Waals surface area contributed by atoms with E-state index in [-0.39, 0.29) is 54.3 Å². The van der Waals surface area contributed by atoms with E-state index in [2.05, 4.69) is 101 Å². The van der Waals surface area contributed by atoms with Gasteiger partial charge in [0.25, 0.3) is 0 Å². The monoisotopic (exact) mass is 896 g/mol. The third kappa shape index (κ3) is 9.78. The number of ketones is 1. The first-order valence-electron chi connectivity index (χ1n) is 18.6. The minimum atomic E-state index is 0. The Hall–Kier alpha value is -3.38. The summed E-state index contributed by atoms with van der Waals surface area (Å²) in [5.41, 5.74) is 7.69. The van der Waals surface area contributed by atoms with Crippen molar-refractivity contribution in [2.24, 2.45) is 22.7 Å². The first-order valence-corrected chi connectivity index (χ1v) is 19.4. The SMILES string of the molecule is CC(C)(C)Cc1ccc2ccc(-c3ncnc4c3sc3c5cc(CC(C)(C)C)ccc5oc43)[c-]c2c1.CCC(CC)C(=O)/C=C(\O)C(CC)CC.[Ir]. The molecule has 1 N–H and O–H groups in total. The van der Waals surface area contributed by atoms with Crippen LogP contribution in [0.4, 0.5) is 0 Å². The molecule has 0 atom stereocenters. The number of aliphatic hydroxyl groups excluding tert-OH is 1. The predicted octanol–water partition coefficient (Wildman–Crippen LogP) is 13.3. The van der Waals surface area contributed by atoms with Gasteiger partial charge in [-0.3, -0.25) is 9.78 Å². The number of aromatic nitrogens is 2. The number of benzene rings is 3. The molecule has 52 heavy (non-hydrogen) atoms. The molecule has 0 bridgehead atoms. The average molecular weight is 896 g/mol. The smallest absolute Gasteiger partial charge is 0.171 e. The number of aliphatic hydroxyl groups is 1. The number of nitrogens with zero attached hydrogens (tertiary/aromatic N) is 2. The van der Waals surface area contributed by atoms with Gasteiger partial charge in [0.1, 0.15) is 17.4 Å². The number of carbonyl (C=O) groups is 1. The molecule has 3 heterocycles. The van der Waals surface area contributed by atoms with Crippen molar-refractivity contribution in [1.82, 2.24) is 9.97 Å². The Balaban J connectivity index is 0.000000323. The van der Waals surface area contributed by atoms with Crippen molar-refractivity contribution in [1.29, 1.82) is 0 Å². The quantitative estimate of drug-likeness (QED) is 0.0842. The van der Waals surface area contributed by atoms with E-state index in [0.717, 1.165) is 86.6 Å². The Bertz CT molecular complexity index is 2170. The van der Waals surface area contributed by atoms with Crippen molar-refractivity contribution in [2.45, 2.75) is 108 Å². The number of hydrogen-bond donors (Lipinski definition) is 1. The molecule has 3 aromatic heterocycles. The van der Waals surface area contributed by atoms with Crippen molar-refractivity contribution in [3.8, 4) is 11.3 Å². The fourth-order valence-corrected chi connectivity index (χ4v) is 8.09. The molecule has 0 unspecified atom stereocenters. The summed E-state index contributed by atoms with van der Waals surface area (Å²) < 4.78 is 8.52. The predicted molar refractivity (Wildman–Crippen MR) is 217 cm³/mol. The molecule has 0 saturated carbocycles. The van der Waals surface area contributed by atoms with Crippen molar-refractivity contribution in [3.63, 3.8) is 0 Å². The summed E-state index contributed by atoms with van der Waals surface area (Å²) in [5.74, 6) is 0.547. The van der Waals surface area contributed by atoms with E-state index in [1.54, 1.807) is 17.7 Å². The number of fused-ring (bicyclic) bond motifs is 6. The zero-order valence-corrected chi connectivity index (χ0v) is 35.8. The van der Waals surface area contributed by atoms with Crippen LogP contribution in [0.2, 0.25) is 0 Å². The van der Waals surface area contributed by atoms with E-state index in [9.17, 15) is 9.90 Å². The molecule has 6 aromatic rings. The minimum Gasteiger partial charge on any atom is -0.512 e. The Morgan fingerprint density at radius 2 is 1.42 bits per heavy atom. The molecule has 6 rings (SSSR count). The molecular weight excluding hydrogens is 841 g/mol. The van der Waals surface area contributed by atoms with E-state index < -0.39 is 0 Å². The molecule has 279 valence electrons. The standard InChI is InChI=1S/C32H31N2OS.C13H24O2.Ir/c1-31(2,3)16-19-7-9-21-10-11-22(15-23(21)13-19)26-30-27(34-18-33-26)28-29(36-30)24-14-20(17-32(4,5)6)8-12-25(24)35-28;1-5-10(6-2)12(14)9-13(15)11(7-3)8-4;/h7-14,18H,16-17H2,1-6H3;9-11,14H,5-8H2,1-4H3;/q-1;;/b;12-9-;. The summed E-state index contributed by atoms with van der Waals surface area (Å²) in [6, 6.07) is 21.2. The van der Waals surface area contributed by atoms with Gasteiger partial charge in [0.2, 0.25) is 0 Å². The molecule has 1 radical (unpaired) electrons. The number of thiophene rings is 1. The molecule has 0 saturated heterocycles. The second-order valence-electron chi connectivity index (χ2n) is 16.4. The van der Waals surface area contributed by atoms with Gasteiger partial charge < -0.3 is 9.52 Å². The first-order chi connectivity index (χ1) is 24.1. The molecular formula is C45H55IrN2O3S-. The van der Waals surface area contributed by atoms with E-state index in [1.807, 2.05) is 27.7 Å². The molecule has 0 fully saturated rings. The number of rotatable bonds is 10. The van der Waals surface area contributed by atoms with E-state index in [0.29, 0.717) is 0 Å². The van der Waals surface area contributed by atoms with Crippen LogP contribution in [0.5, 0.6) is 0 Å². The van der Waals surface area contributed by atoms with E-state index in [4.69, 9.17) is 9.40 Å². The number of allylic oxidation sites excluding steroid dienone is 2. The number of hydrogen-bond acceptors (Lipinski definition) is 6. The van der Waals surface area contributed by atoms with Crippen LogP contribution in [0.25, 0.3) is 53.5 Å². The number of carbonyl (C=O) groups excluding carboxylic acids is 1. The van der Waals surface area contributed by atoms with Crippen LogP contribution in [0.3, 0.4) is 0 Å². The van der Waals surface area contributed by atoms with Crippen LogP contribution < -0.4 is 0 Å². The van der Waals surface area contributed by atoms with Crippen molar-refractivity contribution < 1.29 is 34.4 Å². The molecule has 3 aromatic carbocycles. The zero-order valence-electron chi connectivity index (χ0n) is 32.6. The fraction of sp³-hybridized carbons (Fsp3) is 0.444. The van der Waals surface area contributed by atoms with Gasteiger partial charge in [0.05, 0.1) is 15.2 Å². The summed E-state index contributed by atoms with van der Waals surface area (Å²) in [5, 5.41) is 13.2. The van der Waals surface area contributed by atoms with E-state index in [1.165, 1.54) is 22.6 Å². The van der Waals surface area contributed by atoms with Gasteiger partial charge in [-0.2, -0.15) is 0 Å². The normalized spacial score (nSPS) is 12.6. The van der Waals surface area contributed by atoms with Crippen molar-refractivity contribution >= 4 is 59.4 Å². The van der Waals surface area contributed by atoms with Crippen molar-refractivity contribution in [2.75, 3.05) is 0 Å². The van der Waals surface area contributed by atoms with Gasteiger partial charge in [-0.25, -0.2) is 4.98 Å². The Morgan fingerprint density at radius 1 is 0.827 bits per heavy atom. The van der Waals surface area contributed by atoms with Gasteiger partial charge in [0, 0.05) is 49.1 Å². The Morgan fingerprint density at radius 3 is 2.04 bits per heavy atom. The van der Waals surface area contributed by atoms with Gasteiger partial charge in [-0.15, -0.1) is 41.0 Å². The molecule has 0 aliphatic carbocycles. The maximum Gasteiger partial charge on any atom is 0.171 e. The third-order valence-electron chi connectivity index (χ3n) is 9.55. The largest absolute Gasteiger partial charge is 0.512 e. The van der Waals surface area contributed by atoms with Crippen LogP contribution in [-0.4, -0.2) is 20.9 Å². The molecule has 0 amide bonds. The minimum absolute atomic E-state index is 0. The first kappa shape index (κ1) is 41.4. The second kappa shape index (κ2) is 17.2. The second-order valence-corrected chi connectivity index (χ2v) is 17.4. The molecule has 7 heteroatoms. The summed E-state index contributed by atoms with van der Waals surface area (Å²) in [6.07, 6.45) is 8.61. The Labute approximate surface area is 327 Å². The molecule has 0 spiro atoms. The van der Waals surface area contributed by atoms with Gasteiger partial charge in [-0.1, -0.05) is 104 Å². The molecule has 0 aliphatic rings. The van der Waals surface area contributed by atoms with Crippen LogP contribution in [0, 0.1) is 28.7 Å². The summed E-state index contributed by atoms with van der Waals surface area (Å²) in [6.45, 7) is 21.7. The van der Waals surface area contributed by atoms with Crippen LogP contribution in [0.1, 0.15) is 106 Å².